The molecule has 94 valence electrons. The number of nitrogens with one attached hydrogen (secondary N) is 1. The van der Waals surface area contributed by atoms with Crippen LogP contribution in [0.25, 0.3) is 0 Å². The van der Waals surface area contributed by atoms with Gasteiger partial charge < -0.3 is 10.1 Å². The van der Waals surface area contributed by atoms with Gasteiger partial charge in [0.05, 0.1) is 20.1 Å². The van der Waals surface area contributed by atoms with E-state index in [1.54, 1.807) is 18.2 Å². The number of ether oxygens (including phenoxy) is 1. The van der Waals surface area contributed by atoms with Gasteiger partial charge in [0.15, 0.2) is 0 Å². The molecule has 3 nitrogen and oxygen atoms in total. The first kappa shape index (κ1) is 13.6. The van der Waals surface area contributed by atoms with Crippen LogP contribution in [0.5, 0.6) is 0 Å². The number of alkyl halides is 2. The highest BCUT2D eigenvalue weighted by atomic mass is 19.3. The van der Waals surface area contributed by atoms with E-state index in [1.165, 1.54) is 19.2 Å². The SMILES string of the molecule is COC(=O)CCNCC(F)(F)c1ccccc1. The molecule has 1 aromatic carbocycles. The van der Waals surface area contributed by atoms with Crippen LogP contribution < -0.4 is 5.32 Å². The molecule has 0 bridgehead atoms. The van der Waals surface area contributed by atoms with Gasteiger partial charge >= 0.3 is 5.97 Å². The highest BCUT2D eigenvalue weighted by Crippen LogP contribution is 2.26. The van der Waals surface area contributed by atoms with Crippen LogP contribution in [0.15, 0.2) is 30.3 Å². The highest BCUT2D eigenvalue weighted by molar-refractivity contribution is 5.69. The van der Waals surface area contributed by atoms with Gasteiger partial charge in [0, 0.05) is 12.1 Å². The second-order valence-electron chi connectivity index (χ2n) is 3.57. The van der Waals surface area contributed by atoms with Crippen molar-refractivity contribution in [2.24, 2.45) is 0 Å². The lowest BCUT2D eigenvalue weighted by molar-refractivity contribution is -0.140. The van der Waals surface area contributed by atoms with Crippen LogP contribution in [0.1, 0.15) is 12.0 Å². The lowest BCUT2D eigenvalue weighted by Crippen LogP contribution is -2.32. The molecule has 5 heteroatoms. The van der Waals surface area contributed by atoms with E-state index >= 15 is 0 Å². The van der Waals surface area contributed by atoms with Crippen molar-refractivity contribution in [2.75, 3.05) is 20.2 Å². The van der Waals surface area contributed by atoms with Crippen LogP contribution in [-0.4, -0.2) is 26.2 Å². The molecule has 0 radical (unpaired) electrons. The van der Waals surface area contributed by atoms with Crippen molar-refractivity contribution in [3.05, 3.63) is 35.9 Å². The third-order valence-electron chi connectivity index (χ3n) is 2.28. The number of halogens is 2. The third kappa shape index (κ3) is 4.48. The molecule has 0 heterocycles. The summed E-state index contributed by atoms with van der Waals surface area (Å²) in [5.74, 6) is -3.35. The molecular formula is C12H15F2NO2. The fraction of sp³-hybridized carbons (Fsp3) is 0.417. The summed E-state index contributed by atoms with van der Waals surface area (Å²) in [5.41, 5.74) is -0.0365. The van der Waals surface area contributed by atoms with E-state index in [9.17, 15) is 13.6 Å². The minimum Gasteiger partial charge on any atom is -0.469 e. The predicted molar refractivity (Wildman–Crippen MR) is 59.8 cm³/mol. The Bertz CT molecular complexity index is 355. The van der Waals surface area contributed by atoms with Crippen LogP contribution in [0, 0.1) is 0 Å². The Labute approximate surface area is 98.8 Å². The topological polar surface area (TPSA) is 38.3 Å². The van der Waals surface area contributed by atoms with Gasteiger partial charge in [-0.3, -0.25) is 4.79 Å². The molecule has 0 saturated carbocycles. The zero-order valence-electron chi connectivity index (χ0n) is 9.58. The molecule has 0 atom stereocenters. The van der Waals surface area contributed by atoms with Gasteiger partial charge in [-0.1, -0.05) is 30.3 Å². The summed E-state index contributed by atoms with van der Waals surface area (Å²) < 4.78 is 31.6. The molecule has 17 heavy (non-hydrogen) atoms. The van der Waals surface area contributed by atoms with Gasteiger partial charge in [-0.15, -0.1) is 0 Å². The summed E-state index contributed by atoms with van der Waals surface area (Å²) in [6.45, 7) is -0.316. The van der Waals surface area contributed by atoms with Gasteiger partial charge in [-0.05, 0) is 0 Å². The Morgan fingerprint density at radius 2 is 2.00 bits per heavy atom. The second kappa shape index (κ2) is 6.30. The lowest BCUT2D eigenvalue weighted by Gasteiger charge is -2.17. The van der Waals surface area contributed by atoms with Crippen molar-refractivity contribution in [3.63, 3.8) is 0 Å². The number of hydrogen-bond donors (Lipinski definition) is 1. The molecule has 0 aliphatic heterocycles. The Balaban J connectivity index is 2.38. The molecule has 0 fully saturated rings. The maximum Gasteiger partial charge on any atom is 0.306 e. The summed E-state index contributed by atoms with van der Waals surface area (Å²) in [7, 11) is 1.26. The first-order chi connectivity index (χ1) is 8.06. The molecule has 0 spiro atoms. The van der Waals surface area contributed by atoms with Crippen LogP contribution in [0.4, 0.5) is 8.78 Å². The number of carbonyl (C=O) groups is 1. The number of hydrogen-bond acceptors (Lipinski definition) is 3. The Kier molecular flexibility index (Phi) is 5.03. The first-order valence-corrected chi connectivity index (χ1v) is 5.27. The highest BCUT2D eigenvalue weighted by Gasteiger charge is 2.30. The van der Waals surface area contributed by atoms with Crippen molar-refractivity contribution >= 4 is 5.97 Å². The zero-order chi connectivity index (χ0) is 12.7. The van der Waals surface area contributed by atoms with Gasteiger partial charge in [-0.2, -0.15) is 8.78 Å². The molecule has 0 aromatic heterocycles. The van der Waals surface area contributed by atoms with Gasteiger partial charge in [0.2, 0.25) is 0 Å². The number of methoxy groups -OCH3 is 1. The minimum absolute atomic E-state index is 0.0365. The lowest BCUT2D eigenvalue weighted by atomic mass is 10.1. The van der Waals surface area contributed by atoms with Crippen molar-refractivity contribution < 1.29 is 18.3 Å². The van der Waals surface area contributed by atoms with Crippen LogP contribution in [0.2, 0.25) is 0 Å². The minimum atomic E-state index is -2.93. The Morgan fingerprint density at radius 3 is 2.59 bits per heavy atom. The largest absolute Gasteiger partial charge is 0.469 e. The van der Waals surface area contributed by atoms with E-state index in [-0.39, 0.29) is 18.5 Å². The second-order valence-corrected chi connectivity index (χ2v) is 3.57. The van der Waals surface area contributed by atoms with E-state index in [4.69, 9.17) is 0 Å². The fourth-order valence-corrected chi connectivity index (χ4v) is 1.32. The summed E-state index contributed by atoms with van der Waals surface area (Å²) in [5, 5.41) is 2.54. The molecule has 0 unspecified atom stereocenters. The molecular weight excluding hydrogens is 228 g/mol. The number of benzene rings is 1. The number of esters is 1. The smallest absolute Gasteiger partial charge is 0.306 e. The third-order valence-corrected chi connectivity index (χ3v) is 2.28. The maximum atomic E-state index is 13.6. The standard InChI is InChI=1S/C12H15F2NO2/c1-17-11(16)7-8-15-9-12(13,14)10-5-3-2-4-6-10/h2-6,15H,7-9H2,1H3. The molecule has 1 rings (SSSR count). The van der Waals surface area contributed by atoms with Gasteiger partial charge in [0.1, 0.15) is 0 Å². The van der Waals surface area contributed by atoms with E-state index in [2.05, 4.69) is 10.1 Å². The van der Waals surface area contributed by atoms with Gasteiger partial charge in [-0.25, -0.2) is 0 Å². The summed E-state index contributed by atoms with van der Waals surface area (Å²) in [6.07, 6.45) is 0.0847. The van der Waals surface area contributed by atoms with E-state index < -0.39 is 18.4 Å². The van der Waals surface area contributed by atoms with Crippen molar-refractivity contribution in [2.45, 2.75) is 12.3 Å². The monoisotopic (exact) mass is 243 g/mol. The maximum absolute atomic E-state index is 13.6. The van der Waals surface area contributed by atoms with Crippen molar-refractivity contribution in [1.29, 1.82) is 0 Å². The summed E-state index contributed by atoms with van der Waals surface area (Å²) >= 11 is 0. The average Bonchev–Trinajstić information content (AvgIpc) is 2.35. The van der Waals surface area contributed by atoms with E-state index in [0.29, 0.717) is 0 Å². The molecule has 1 aromatic rings. The quantitative estimate of drug-likeness (QED) is 0.613. The fourth-order valence-electron chi connectivity index (χ4n) is 1.32. The normalized spacial score (nSPS) is 11.2. The van der Waals surface area contributed by atoms with Crippen molar-refractivity contribution in [1.82, 2.24) is 5.32 Å². The molecule has 0 saturated heterocycles. The summed E-state index contributed by atoms with van der Waals surface area (Å²) in [4.78, 5) is 10.8. The van der Waals surface area contributed by atoms with Crippen LogP contribution >= 0.6 is 0 Å². The van der Waals surface area contributed by atoms with E-state index in [0.717, 1.165) is 0 Å². The molecule has 1 N–H and O–H groups in total. The van der Waals surface area contributed by atoms with E-state index in [1.807, 2.05) is 0 Å². The Hall–Kier alpha value is -1.49. The van der Waals surface area contributed by atoms with Gasteiger partial charge in [0.25, 0.3) is 5.92 Å². The molecule has 0 aliphatic rings. The average molecular weight is 243 g/mol. The zero-order valence-corrected chi connectivity index (χ0v) is 9.58. The van der Waals surface area contributed by atoms with Crippen molar-refractivity contribution in [3.8, 4) is 0 Å². The number of rotatable bonds is 6. The summed E-state index contributed by atoms with van der Waals surface area (Å²) in [6, 6.07) is 7.57. The van der Waals surface area contributed by atoms with Crippen LogP contribution in [-0.2, 0) is 15.5 Å². The predicted octanol–water partition coefficient (Wildman–Crippen LogP) is 1.93. The number of carbonyl (C=O) groups excluding carboxylic acids is 1. The first-order valence-electron chi connectivity index (χ1n) is 5.27. The molecule has 0 aliphatic carbocycles. The Morgan fingerprint density at radius 1 is 1.35 bits per heavy atom. The molecule has 0 amide bonds. The van der Waals surface area contributed by atoms with Crippen LogP contribution in [0.3, 0.4) is 0 Å².